The molecule has 39 heavy (non-hydrogen) atoms. The predicted molar refractivity (Wildman–Crippen MR) is 162 cm³/mol. The van der Waals surface area contributed by atoms with Crippen LogP contribution < -0.4 is 4.90 Å². The highest BCUT2D eigenvalue weighted by atomic mass is 16.1. The summed E-state index contributed by atoms with van der Waals surface area (Å²) in [7, 11) is 4.10. The van der Waals surface area contributed by atoms with Crippen LogP contribution in [0.1, 0.15) is 74.0 Å². The molecule has 0 saturated heterocycles. The highest BCUT2D eigenvalue weighted by molar-refractivity contribution is 6.02. The van der Waals surface area contributed by atoms with Crippen LogP contribution in [0.3, 0.4) is 0 Å². The first-order chi connectivity index (χ1) is 19.1. The third kappa shape index (κ3) is 6.92. The van der Waals surface area contributed by atoms with Crippen molar-refractivity contribution in [3.8, 4) is 11.1 Å². The molecule has 3 aromatic carbocycles. The Morgan fingerprint density at radius 3 is 2.15 bits per heavy atom. The number of hydrogen-bond acceptors (Lipinski definition) is 4. The van der Waals surface area contributed by atoms with Crippen LogP contribution in [0.2, 0.25) is 0 Å². The lowest BCUT2D eigenvalue weighted by molar-refractivity contribution is 0.0976. The first-order valence-electron chi connectivity index (χ1n) is 14.7. The monoisotopic (exact) mass is 519 g/mol. The van der Waals surface area contributed by atoms with Crippen LogP contribution >= 0.6 is 0 Å². The van der Waals surface area contributed by atoms with Crippen LogP contribution in [-0.2, 0) is 6.42 Å². The third-order valence-electron chi connectivity index (χ3n) is 8.36. The van der Waals surface area contributed by atoms with Gasteiger partial charge in [-0.2, -0.15) is 0 Å². The number of carbonyl (C=O) groups is 1. The second-order valence-corrected chi connectivity index (χ2v) is 11.4. The maximum Gasteiger partial charge on any atom is 0.163 e. The van der Waals surface area contributed by atoms with Gasteiger partial charge in [-0.15, -0.1) is 0 Å². The van der Waals surface area contributed by atoms with Crippen molar-refractivity contribution in [3.05, 3.63) is 90.3 Å². The predicted octanol–water partition coefficient (Wildman–Crippen LogP) is 8.55. The molecule has 0 spiro atoms. The van der Waals surface area contributed by atoms with Gasteiger partial charge in [0.05, 0.1) is 5.52 Å². The van der Waals surface area contributed by atoms with Gasteiger partial charge in [0.1, 0.15) is 11.6 Å². The Bertz CT molecular complexity index is 1370. The minimum absolute atomic E-state index is 0.275. The maximum absolute atomic E-state index is 13.1. The molecule has 0 aliphatic heterocycles. The number of aryl methyl sites for hydroxylation is 1. The van der Waals surface area contributed by atoms with E-state index in [1.54, 1.807) is 0 Å². The zero-order chi connectivity index (χ0) is 27.0. The van der Waals surface area contributed by atoms with Crippen LogP contribution in [0.25, 0.3) is 22.0 Å². The number of Topliss-reactive ketones (excluding diaryl/α,β-unsaturated/α-hetero) is 1. The summed E-state index contributed by atoms with van der Waals surface area (Å²) in [5.74, 6) is 3.83. The molecule has 0 N–H and O–H groups in total. The van der Waals surface area contributed by atoms with Gasteiger partial charge in [0.15, 0.2) is 5.78 Å². The fraction of sp³-hybridized carbons (Fsp3) is 0.400. The SMILES string of the molecule is CN(C)c1nc(CCCC2CCC(CCCC(=O)c3ccccc3-c3ccccc3)CC2)nc2ccccc12. The van der Waals surface area contributed by atoms with Crippen LogP contribution in [-0.4, -0.2) is 29.8 Å². The first-order valence-corrected chi connectivity index (χ1v) is 14.7. The van der Waals surface area contributed by atoms with E-state index in [2.05, 4.69) is 61.5 Å². The number of nitrogens with zero attached hydrogens (tertiary/aromatic N) is 3. The normalized spacial score (nSPS) is 17.3. The fourth-order valence-electron chi connectivity index (χ4n) is 6.20. The summed E-state index contributed by atoms with van der Waals surface area (Å²) in [6, 6.07) is 26.6. The molecule has 0 atom stereocenters. The highest BCUT2D eigenvalue weighted by Gasteiger charge is 2.22. The smallest absolute Gasteiger partial charge is 0.163 e. The molecule has 202 valence electrons. The van der Waals surface area contributed by atoms with Gasteiger partial charge in [0, 0.05) is 37.9 Å². The van der Waals surface area contributed by atoms with Gasteiger partial charge in [-0.3, -0.25) is 4.79 Å². The van der Waals surface area contributed by atoms with Crippen molar-refractivity contribution in [2.24, 2.45) is 11.8 Å². The molecule has 1 heterocycles. The van der Waals surface area contributed by atoms with E-state index in [-0.39, 0.29) is 5.78 Å². The Morgan fingerprint density at radius 2 is 1.41 bits per heavy atom. The van der Waals surface area contributed by atoms with Crippen molar-refractivity contribution in [2.75, 3.05) is 19.0 Å². The lowest BCUT2D eigenvalue weighted by atomic mass is 9.78. The molecule has 5 rings (SSSR count). The molecule has 0 bridgehead atoms. The lowest BCUT2D eigenvalue weighted by Crippen LogP contribution is -2.16. The summed E-state index contributed by atoms with van der Waals surface area (Å²) in [5, 5.41) is 1.12. The van der Waals surface area contributed by atoms with Crippen molar-refractivity contribution in [1.29, 1.82) is 0 Å². The molecule has 4 aromatic rings. The average Bonchev–Trinajstić information content (AvgIpc) is 2.98. The van der Waals surface area contributed by atoms with Crippen LogP contribution in [0.4, 0.5) is 5.82 Å². The zero-order valence-corrected chi connectivity index (χ0v) is 23.5. The van der Waals surface area contributed by atoms with E-state index >= 15 is 0 Å². The molecular weight excluding hydrogens is 478 g/mol. The Balaban J connectivity index is 1.05. The van der Waals surface area contributed by atoms with Crippen LogP contribution in [0.5, 0.6) is 0 Å². The third-order valence-corrected chi connectivity index (χ3v) is 8.36. The Morgan fingerprint density at radius 1 is 0.769 bits per heavy atom. The quantitative estimate of drug-likeness (QED) is 0.186. The number of rotatable bonds is 11. The van der Waals surface area contributed by atoms with Crippen LogP contribution in [0, 0.1) is 11.8 Å². The van der Waals surface area contributed by atoms with E-state index in [1.165, 1.54) is 38.5 Å². The van der Waals surface area contributed by atoms with Gasteiger partial charge in [0.25, 0.3) is 0 Å². The van der Waals surface area contributed by atoms with Gasteiger partial charge in [-0.05, 0) is 47.9 Å². The minimum atomic E-state index is 0.275. The molecule has 1 aromatic heterocycles. The average molecular weight is 520 g/mol. The van der Waals surface area contributed by atoms with Gasteiger partial charge in [-0.1, -0.05) is 105 Å². The second-order valence-electron chi connectivity index (χ2n) is 11.4. The molecule has 4 nitrogen and oxygen atoms in total. The number of ketones is 1. The van der Waals surface area contributed by atoms with E-state index < -0.39 is 0 Å². The molecule has 0 amide bonds. The van der Waals surface area contributed by atoms with E-state index in [0.29, 0.717) is 6.42 Å². The Hall–Kier alpha value is -3.53. The fourth-order valence-corrected chi connectivity index (χ4v) is 6.20. The second kappa shape index (κ2) is 13.0. The van der Waals surface area contributed by atoms with Crippen molar-refractivity contribution >= 4 is 22.5 Å². The number of benzene rings is 3. The van der Waals surface area contributed by atoms with E-state index in [9.17, 15) is 4.79 Å². The molecule has 4 heteroatoms. The van der Waals surface area contributed by atoms with Crippen molar-refractivity contribution in [1.82, 2.24) is 9.97 Å². The van der Waals surface area contributed by atoms with E-state index in [0.717, 1.165) is 70.3 Å². The largest absolute Gasteiger partial charge is 0.362 e. The van der Waals surface area contributed by atoms with Crippen molar-refractivity contribution in [3.63, 3.8) is 0 Å². The Labute approximate surface area is 233 Å². The molecular formula is C35H41N3O. The van der Waals surface area contributed by atoms with Crippen molar-refractivity contribution in [2.45, 2.75) is 64.2 Å². The van der Waals surface area contributed by atoms with E-state index in [1.807, 2.05) is 36.4 Å². The summed E-state index contributed by atoms with van der Waals surface area (Å²) in [4.78, 5) is 24.9. The number of fused-ring (bicyclic) bond motifs is 1. The van der Waals surface area contributed by atoms with Crippen molar-refractivity contribution < 1.29 is 4.79 Å². The molecule has 0 unspecified atom stereocenters. The van der Waals surface area contributed by atoms with Gasteiger partial charge in [0.2, 0.25) is 0 Å². The summed E-state index contributed by atoms with van der Waals surface area (Å²) in [6.45, 7) is 0. The number of hydrogen-bond donors (Lipinski definition) is 0. The Kier molecular flexibility index (Phi) is 9.03. The standard InChI is InChI=1S/C35H41N3O/c1-38(2)35-31-18-8-9-19-32(31)36-34(37-35)21-11-13-27-24-22-26(23-25-27)12-10-20-33(39)30-17-7-6-16-29(30)28-14-4-3-5-15-28/h3-9,14-19,26-27H,10-13,20-25H2,1-2H3. The first kappa shape index (κ1) is 27.1. The molecule has 1 aliphatic carbocycles. The van der Waals surface area contributed by atoms with Gasteiger partial charge >= 0.3 is 0 Å². The summed E-state index contributed by atoms with van der Waals surface area (Å²) in [5.41, 5.74) is 4.06. The molecule has 1 fully saturated rings. The summed E-state index contributed by atoms with van der Waals surface area (Å²) < 4.78 is 0. The number of aromatic nitrogens is 2. The number of para-hydroxylation sites is 1. The zero-order valence-electron chi connectivity index (χ0n) is 23.5. The highest BCUT2D eigenvalue weighted by Crippen LogP contribution is 2.35. The van der Waals surface area contributed by atoms with Crippen LogP contribution in [0.15, 0.2) is 78.9 Å². The minimum Gasteiger partial charge on any atom is -0.362 e. The maximum atomic E-state index is 13.1. The topological polar surface area (TPSA) is 46.1 Å². The number of carbonyl (C=O) groups excluding carboxylic acids is 1. The summed E-state index contributed by atoms with van der Waals surface area (Å²) >= 11 is 0. The van der Waals surface area contributed by atoms with Gasteiger partial charge < -0.3 is 4.90 Å². The van der Waals surface area contributed by atoms with E-state index in [4.69, 9.17) is 9.97 Å². The number of anilines is 1. The summed E-state index contributed by atoms with van der Waals surface area (Å²) in [6.07, 6.45) is 11.4. The van der Waals surface area contributed by atoms with Gasteiger partial charge in [-0.25, -0.2) is 9.97 Å². The molecule has 1 aliphatic rings. The lowest BCUT2D eigenvalue weighted by Gasteiger charge is -2.28. The molecule has 0 radical (unpaired) electrons. The molecule has 1 saturated carbocycles.